The highest BCUT2D eigenvalue weighted by molar-refractivity contribution is 6.06. The number of carbonyl (C=O) groups is 1. The molecule has 1 saturated heterocycles. The van der Waals surface area contributed by atoms with Crippen LogP contribution in [0.2, 0.25) is 0 Å². The summed E-state index contributed by atoms with van der Waals surface area (Å²) in [6.07, 6.45) is 0. The van der Waals surface area contributed by atoms with Crippen LogP contribution < -0.4 is 9.47 Å². The summed E-state index contributed by atoms with van der Waals surface area (Å²) in [5, 5.41) is 0. The summed E-state index contributed by atoms with van der Waals surface area (Å²) in [7, 11) is 3.65. The van der Waals surface area contributed by atoms with E-state index in [0.717, 1.165) is 29.8 Å². The first-order valence-corrected chi connectivity index (χ1v) is 9.35. The van der Waals surface area contributed by atoms with Crippen LogP contribution in [0.4, 0.5) is 4.39 Å². The molecule has 0 atom stereocenters. The lowest BCUT2D eigenvalue weighted by atomic mass is 9.90. The summed E-state index contributed by atoms with van der Waals surface area (Å²) in [6, 6.07) is 11.8. The van der Waals surface area contributed by atoms with Crippen LogP contribution in [0.25, 0.3) is 5.57 Å². The molecule has 5 nitrogen and oxygen atoms in total. The maximum Gasteiger partial charge on any atom is 0.253 e. The van der Waals surface area contributed by atoms with E-state index in [4.69, 9.17) is 9.47 Å². The number of piperazine rings is 1. The molecule has 0 spiro atoms. The molecule has 2 heterocycles. The normalized spacial score (nSPS) is 17.2. The molecule has 0 unspecified atom stereocenters. The average Bonchev–Trinajstić information content (AvgIpc) is 2.73. The number of rotatable bonds is 3. The first kappa shape index (κ1) is 18.5. The Morgan fingerprint density at radius 1 is 1.07 bits per heavy atom. The van der Waals surface area contributed by atoms with Crippen LogP contribution in [-0.2, 0) is 4.79 Å². The monoisotopic (exact) mass is 382 g/mol. The molecule has 0 saturated carbocycles. The first-order chi connectivity index (χ1) is 13.6. The lowest BCUT2D eigenvalue weighted by molar-refractivity contribution is -0.129. The Bertz CT molecular complexity index is 916. The minimum Gasteiger partial charge on any atom is -0.497 e. The fraction of sp³-hybridized carbons (Fsp3) is 0.318. The Balaban J connectivity index is 1.82. The van der Waals surface area contributed by atoms with Crippen molar-refractivity contribution in [3.05, 3.63) is 65.0 Å². The van der Waals surface area contributed by atoms with E-state index >= 15 is 0 Å². The zero-order chi connectivity index (χ0) is 19.7. The maximum absolute atomic E-state index is 13.5. The average molecular weight is 382 g/mol. The Morgan fingerprint density at radius 3 is 2.46 bits per heavy atom. The molecular weight excluding hydrogens is 359 g/mol. The highest BCUT2D eigenvalue weighted by Gasteiger charge is 2.30. The second-order valence-corrected chi connectivity index (χ2v) is 7.11. The molecular formula is C22H23FN2O3. The molecule has 1 amide bonds. The number of methoxy groups -OCH3 is 1. The van der Waals surface area contributed by atoms with Gasteiger partial charge >= 0.3 is 0 Å². The fourth-order valence-corrected chi connectivity index (χ4v) is 3.66. The molecule has 0 N–H and O–H groups in total. The number of hydrogen-bond donors (Lipinski definition) is 0. The van der Waals surface area contributed by atoms with Gasteiger partial charge in [0.25, 0.3) is 5.91 Å². The molecule has 0 aliphatic carbocycles. The molecule has 2 aromatic carbocycles. The van der Waals surface area contributed by atoms with Crippen LogP contribution in [0.15, 0.2) is 48.0 Å². The lowest BCUT2D eigenvalue weighted by Crippen LogP contribution is -2.48. The molecule has 4 rings (SSSR count). The predicted octanol–water partition coefficient (Wildman–Crippen LogP) is 2.80. The summed E-state index contributed by atoms with van der Waals surface area (Å²) >= 11 is 0. The van der Waals surface area contributed by atoms with Gasteiger partial charge in [-0.3, -0.25) is 4.79 Å². The van der Waals surface area contributed by atoms with Gasteiger partial charge in [0.1, 0.15) is 23.9 Å². The Hall–Kier alpha value is -2.86. The standard InChI is InChI=1S/C22H23FN2O3/c1-24-9-11-25(12-10-24)22(26)19-14-28-20-8-7-17(27-2)13-18(20)21(19)15-3-5-16(23)6-4-15/h3-8,13H,9-12,14H2,1-2H3. The molecule has 2 aromatic rings. The predicted molar refractivity (Wildman–Crippen MR) is 105 cm³/mol. The van der Waals surface area contributed by atoms with E-state index in [0.29, 0.717) is 30.2 Å². The highest BCUT2D eigenvalue weighted by Crippen LogP contribution is 2.40. The highest BCUT2D eigenvalue weighted by atomic mass is 19.1. The summed E-state index contributed by atoms with van der Waals surface area (Å²) < 4.78 is 24.8. The van der Waals surface area contributed by atoms with E-state index in [1.54, 1.807) is 19.2 Å². The van der Waals surface area contributed by atoms with Crippen LogP contribution in [-0.4, -0.2) is 62.7 Å². The van der Waals surface area contributed by atoms with Gasteiger partial charge < -0.3 is 19.3 Å². The van der Waals surface area contributed by atoms with Crippen molar-refractivity contribution in [2.24, 2.45) is 0 Å². The van der Waals surface area contributed by atoms with E-state index in [-0.39, 0.29) is 18.3 Å². The number of hydrogen-bond acceptors (Lipinski definition) is 4. The number of halogens is 1. The van der Waals surface area contributed by atoms with Gasteiger partial charge in [0.15, 0.2) is 0 Å². The summed E-state index contributed by atoms with van der Waals surface area (Å²) in [4.78, 5) is 17.4. The molecule has 0 aromatic heterocycles. The molecule has 146 valence electrons. The Labute approximate surface area is 164 Å². The van der Waals surface area contributed by atoms with Gasteiger partial charge in [0.05, 0.1) is 12.7 Å². The van der Waals surface area contributed by atoms with Gasteiger partial charge in [0.2, 0.25) is 0 Å². The van der Waals surface area contributed by atoms with E-state index in [1.165, 1.54) is 12.1 Å². The Kier molecular flexibility index (Phi) is 5.05. The van der Waals surface area contributed by atoms with Gasteiger partial charge in [-0.15, -0.1) is 0 Å². The second-order valence-electron chi connectivity index (χ2n) is 7.11. The van der Waals surface area contributed by atoms with Crippen molar-refractivity contribution in [2.75, 3.05) is 46.9 Å². The number of carbonyl (C=O) groups excluding carboxylic acids is 1. The van der Waals surface area contributed by atoms with E-state index in [9.17, 15) is 9.18 Å². The second kappa shape index (κ2) is 7.64. The topological polar surface area (TPSA) is 42.0 Å². The van der Waals surface area contributed by atoms with Crippen LogP contribution in [0.5, 0.6) is 11.5 Å². The molecule has 0 radical (unpaired) electrons. The number of amides is 1. The van der Waals surface area contributed by atoms with Gasteiger partial charge in [-0.2, -0.15) is 0 Å². The summed E-state index contributed by atoms with van der Waals surface area (Å²) in [6.45, 7) is 3.24. The van der Waals surface area contributed by atoms with Gasteiger partial charge in [0, 0.05) is 37.3 Å². The quantitative estimate of drug-likeness (QED) is 0.819. The van der Waals surface area contributed by atoms with Crippen molar-refractivity contribution in [3.8, 4) is 11.5 Å². The maximum atomic E-state index is 13.5. The molecule has 2 aliphatic heterocycles. The third-order valence-electron chi connectivity index (χ3n) is 5.31. The number of fused-ring (bicyclic) bond motifs is 1. The van der Waals surface area contributed by atoms with E-state index in [2.05, 4.69) is 11.9 Å². The largest absolute Gasteiger partial charge is 0.497 e. The van der Waals surface area contributed by atoms with Crippen molar-refractivity contribution < 1.29 is 18.7 Å². The van der Waals surface area contributed by atoms with Gasteiger partial charge in [-0.05, 0) is 42.9 Å². The number of benzene rings is 2. The molecule has 0 bridgehead atoms. The summed E-state index contributed by atoms with van der Waals surface area (Å²) in [5.41, 5.74) is 2.95. The van der Waals surface area contributed by atoms with Crippen molar-refractivity contribution in [1.82, 2.24) is 9.80 Å². The molecule has 28 heavy (non-hydrogen) atoms. The number of likely N-dealkylation sites (N-methyl/N-ethyl adjacent to an activating group) is 1. The molecule has 6 heteroatoms. The van der Waals surface area contributed by atoms with Crippen LogP contribution in [0.3, 0.4) is 0 Å². The number of ether oxygens (including phenoxy) is 2. The van der Waals surface area contributed by atoms with Crippen molar-refractivity contribution >= 4 is 11.5 Å². The SMILES string of the molecule is COc1ccc2c(c1)C(c1ccc(F)cc1)=C(C(=O)N1CCN(C)CC1)CO2. The zero-order valence-corrected chi connectivity index (χ0v) is 16.1. The van der Waals surface area contributed by atoms with E-state index < -0.39 is 0 Å². The molecule has 2 aliphatic rings. The van der Waals surface area contributed by atoms with Crippen molar-refractivity contribution in [2.45, 2.75) is 0 Å². The third kappa shape index (κ3) is 3.47. The minimum absolute atomic E-state index is 0.0269. The van der Waals surface area contributed by atoms with Gasteiger partial charge in [-0.25, -0.2) is 4.39 Å². The lowest BCUT2D eigenvalue weighted by Gasteiger charge is -2.34. The van der Waals surface area contributed by atoms with Crippen LogP contribution in [0, 0.1) is 5.82 Å². The minimum atomic E-state index is -0.311. The van der Waals surface area contributed by atoms with Crippen molar-refractivity contribution in [3.63, 3.8) is 0 Å². The van der Waals surface area contributed by atoms with Crippen LogP contribution >= 0.6 is 0 Å². The van der Waals surface area contributed by atoms with Crippen molar-refractivity contribution in [1.29, 1.82) is 0 Å². The first-order valence-electron chi connectivity index (χ1n) is 9.35. The smallest absolute Gasteiger partial charge is 0.253 e. The van der Waals surface area contributed by atoms with Gasteiger partial charge in [-0.1, -0.05) is 12.1 Å². The Morgan fingerprint density at radius 2 is 1.79 bits per heavy atom. The fourth-order valence-electron chi connectivity index (χ4n) is 3.66. The van der Waals surface area contributed by atoms with E-state index in [1.807, 2.05) is 23.1 Å². The zero-order valence-electron chi connectivity index (χ0n) is 16.1. The van der Waals surface area contributed by atoms with Crippen LogP contribution in [0.1, 0.15) is 11.1 Å². The molecule has 1 fully saturated rings. The summed E-state index contributed by atoms with van der Waals surface area (Å²) in [5.74, 6) is 1.03. The third-order valence-corrected chi connectivity index (χ3v) is 5.31. The number of nitrogens with zero attached hydrogens (tertiary/aromatic N) is 2.